The van der Waals surface area contributed by atoms with Gasteiger partial charge >= 0.3 is 0 Å². The van der Waals surface area contributed by atoms with Gasteiger partial charge in [0.2, 0.25) is 0 Å². The second-order valence-electron chi connectivity index (χ2n) is 3.99. The Labute approximate surface area is 112 Å². The molecule has 0 saturated carbocycles. The van der Waals surface area contributed by atoms with Crippen molar-refractivity contribution in [2.75, 3.05) is 19.8 Å². The van der Waals surface area contributed by atoms with E-state index in [1.807, 2.05) is 12.1 Å². The first-order chi connectivity index (χ1) is 8.24. The molecule has 4 heteroatoms. The third-order valence-electron chi connectivity index (χ3n) is 2.57. The monoisotopic (exact) mass is 277 g/mol. The zero-order valence-electron chi connectivity index (χ0n) is 9.82. The fraction of sp³-hybridized carbons (Fsp3) is 0.538. The lowest BCUT2D eigenvalue weighted by atomic mass is 10.1. The highest BCUT2D eigenvalue weighted by atomic mass is 35.5. The van der Waals surface area contributed by atoms with E-state index in [0.717, 1.165) is 42.9 Å². The van der Waals surface area contributed by atoms with Crippen LogP contribution in [-0.2, 0) is 6.42 Å². The van der Waals surface area contributed by atoms with Crippen LogP contribution in [0.15, 0.2) is 18.2 Å². The minimum absolute atomic E-state index is 0.208. The summed E-state index contributed by atoms with van der Waals surface area (Å²) in [6.07, 6.45) is 3.53. The topological polar surface area (TPSA) is 12.0 Å². The van der Waals surface area contributed by atoms with Crippen molar-refractivity contribution >= 4 is 23.2 Å². The molecule has 1 aromatic rings. The molecule has 0 atom stereocenters. The maximum Gasteiger partial charge on any atom is 0.0894 e. The maximum absolute atomic E-state index is 11.8. The Morgan fingerprint density at radius 3 is 2.59 bits per heavy atom. The minimum Gasteiger partial charge on any atom is -0.316 e. The van der Waals surface area contributed by atoms with Crippen molar-refractivity contribution in [1.29, 1.82) is 0 Å². The summed E-state index contributed by atoms with van der Waals surface area (Å²) in [6.45, 7) is 1.61. The van der Waals surface area contributed by atoms with Crippen LogP contribution in [0.2, 0.25) is 10.0 Å². The van der Waals surface area contributed by atoms with Crippen LogP contribution in [-0.4, -0.2) is 19.8 Å². The predicted octanol–water partition coefficient (Wildman–Crippen LogP) is 4.27. The standard InChI is InChI=1S/C13H18Cl2FN/c14-12-5-4-11(13(15)10-12)6-9-17-8-3-1-2-7-16/h4-5,10,17H,1-3,6-9H2. The molecule has 0 unspecified atom stereocenters. The molecule has 0 fully saturated rings. The normalized spacial score (nSPS) is 10.8. The van der Waals surface area contributed by atoms with Gasteiger partial charge in [-0.05, 0) is 56.5 Å². The van der Waals surface area contributed by atoms with Crippen LogP contribution in [0.1, 0.15) is 24.8 Å². The fourth-order valence-corrected chi connectivity index (χ4v) is 2.10. The smallest absolute Gasteiger partial charge is 0.0894 e. The number of alkyl halides is 1. The molecule has 1 nitrogen and oxygen atoms in total. The number of nitrogens with one attached hydrogen (secondary N) is 1. The third-order valence-corrected chi connectivity index (χ3v) is 3.16. The van der Waals surface area contributed by atoms with Gasteiger partial charge in [0.1, 0.15) is 0 Å². The number of rotatable bonds is 8. The second kappa shape index (κ2) is 8.73. The molecule has 0 aromatic heterocycles. The lowest BCUT2D eigenvalue weighted by Crippen LogP contribution is -2.18. The first kappa shape index (κ1) is 14.7. The average Bonchev–Trinajstić information content (AvgIpc) is 2.30. The van der Waals surface area contributed by atoms with Crippen LogP contribution in [0.5, 0.6) is 0 Å². The Morgan fingerprint density at radius 2 is 1.88 bits per heavy atom. The molecule has 0 spiro atoms. The largest absolute Gasteiger partial charge is 0.316 e. The maximum atomic E-state index is 11.8. The van der Waals surface area contributed by atoms with Gasteiger partial charge in [-0.25, -0.2) is 0 Å². The van der Waals surface area contributed by atoms with Crippen LogP contribution >= 0.6 is 23.2 Å². The van der Waals surface area contributed by atoms with Crippen molar-refractivity contribution < 1.29 is 4.39 Å². The summed E-state index contributed by atoms with van der Waals surface area (Å²) in [6, 6.07) is 5.57. The van der Waals surface area contributed by atoms with Gasteiger partial charge in [-0.15, -0.1) is 0 Å². The lowest BCUT2D eigenvalue weighted by Gasteiger charge is -2.06. The molecule has 0 heterocycles. The zero-order valence-corrected chi connectivity index (χ0v) is 11.3. The van der Waals surface area contributed by atoms with Gasteiger partial charge < -0.3 is 5.32 Å². The van der Waals surface area contributed by atoms with Crippen molar-refractivity contribution in [2.45, 2.75) is 25.7 Å². The van der Waals surface area contributed by atoms with Gasteiger partial charge in [0.15, 0.2) is 0 Å². The zero-order chi connectivity index (χ0) is 12.5. The van der Waals surface area contributed by atoms with Crippen molar-refractivity contribution in [2.24, 2.45) is 0 Å². The van der Waals surface area contributed by atoms with E-state index < -0.39 is 0 Å². The fourth-order valence-electron chi connectivity index (χ4n) is 1.59. The Hall–Kier alpha value is -0.310. The highest BCUT2D eigenvalue weighted by Crippen LogP contribution is 2.20. The Morgan fingerprint density at radius 1 is 1.06 bits per heavy atom. The van der Waals surface area contributed by atoms with E-state index in [9.17, 15) is 4.39 Å². The van der Waals surface area contributed by atoms with Gasteiger partial charge in [-0.2, -0.15) is 0 Å². The molecule has 0 amide bonds. The molecule has 1 N–H and O–H groups in total. The highest BCUT2D eigenvalue weighted by Gasteiger charge is 2.00. The van der Waals surface area contributed by atoms with E-state index in [1.165, 1.54) is 0 Å². The quantitative estimate of drug-likeness (QED) is 0.700. The molecule has 0 aliphatic heterocycles. The first-order valence-corrected chi connectivity index (χ1v) is 6.70. The van der Waals surface area contributed by atoms with Crippen molar-refractivity contribution in [3.8, 4) is 0 Å². The molecule has 0 bridgehead atoms. The van der Waals surface area contributed by atoms with E-state index >= 15 is 0 Å². The number of hydrogen-bond donors (Lipinski definition) is 1. The molecule has 96 valence electrons. The summed E-state index contributed by atoms with van der Waals surface area (Å²) in [5.41, 5.74) is 1.10. The van der Waals surface area contributed by atoms with Gasteiger partial charge in [0, 0.05) is 10.0 Å². The van der Waals surface area contributed by atoms with Crippen molar-refractivity contribution in [3.05, 3.63) is 33.8 Å². The van der Waals surface area contributed by atoms with Gasteiger partial charge in [0.25, 0.3) is 0 Å². The first-order valence-electron chi connectivity index (χ1n) is 5.94. The highest BCUT2D eigenvalue weighted by molar-refractivity contribution is 6.35. The van der Waals surface area contributed by atoms with Crippen molar-refractivity contribution in [1.82, 2.24) is 5.32 Å². The van der Waals surface area contributed by atoms with E-state index in [2.05, 4.69) is 5.32 Å². The lowest BCUT2D eigenvalue weighted by molar-refractivity contribution is 0.452. The molecule has 1 aromatic carbocycles. The predicted molar refractivity (Wildman–Crippen MR) is 72.9 cm³/mol. The summed E-state index contributed by atoms with van der Waals surface area (Å²) in [5, 5.41) is 4.70. The molecule has 0 aliphatic carbocycles. The summed E-state index contributed by atoms with van der Waals surface area (Å²) in [5.74, 6) is 0. The summed E-state index contributed by atoms with van der Waals surface area (Å²) >= 11 is 11.9. The average molecular weight is 278 g/mol. The van der Waals surface area contributed by atoms with Crippen molar-refractivity contribution in [3.63, 3.8) is 0 Å². The Balaban J connectivity index is 2.14. The molecule has 0 aliphatic rings. The van der Waals surface area contributed by atoms with E-state index in [-0.39, 0.29) is 6.67 Å². The number of hydrogen-bond acceptors (Lipinski definition) is 1. The second-order valence-corrected chi connectivity index (χ2v) is 4.83. The van der Waals surface area contributed by atoms with Crippen LogP contribution < -0.4 is 5.32 Å². The molecular weight excluding hydrogens is 260 g/mol. The number of unbranched alkanes of at least 4 members (excludes halogenated alkanes) is 2. The molecule has 1 rings (SSSR count). The Kier molecular flexibility index (Phi) is 7.58. The minimum atomic E-state index is -0.208. The molecule has 0 saturated heterocycles. The molecule has 0 radical (unpaired) electrons. The van der Waals surface area contributed by atoms with Crippen LogP contribution in [0.3, 0.4) is 0 Å². The van der Waals surface area contributed by atoms with Crippen LogP contribution in [0, 0.1) is 0 Å². The van der Waals surface area contributed by atoms with Gasteiger partial charge in [-0.1, -0.05) is 29.3 Å². The number of benzene rings is 1. The van der Waals surface area contributed by atoms with Gasteiger partial charge in [0.05, 0.1) is 6.67 Å². The third kappa shape index (κ3) is 6.25. The Bertz CT molecular complexity index is 331. The molecule has 17 heavy (non-hydrogen) atoms. The van der Waals surface area contributed by atoms with Crippen LogP contribution in [0.4, 0.5) is 4.39 Å². The summed E-state index contributed by atoms with van der Waals surface area (Å²) in [4.78, 5) is 0. The number of halogens is 3. The summed E-state index contributed by atoms with van der Waals surface area (Å²) < 4.78 is 11.8. The van der Waals surface area contributed by atoms with E-state index in [4.69, 9.17) is 23.2 Å². The van der Waals surface area contributed by atoms with E-state index in [0.29, 0.717) is 11.4 Å². The van der Waals surface area contributed by atoms with Gasteiger partial charge in [-0.3, -0.25) is 4.39 Å². The SMILES string of the molecule is FCCCCCNCCc1ccc(Cl)cc1Cl. The van der Waals surface area contributed by atoms with Crippen LogP contribution in [0.25, 0.3) is 0 Å². The summed E-state index contributed by atoms with van der Waals surface area (Å²) in [7, 11) is 0. The molecular formula is C13H18Cl2FN. The van der Waals surface area contributed by atoms with E-state index in [1.54, 1.807) is 6.07 Å².